The van der Waals surface area contributed by atoms with E-state index in [1.807, 2.05) is 6.92 Å². The second kappa shape index (κ2) is 6.31. The Morgan fingerprint density at radius 3 is 3.00 bits per heavy atom. The van der Waals surface area contributed by atoms with E-state index in [4.69, 9.17) is 16.3 Å². The quantitative estimate of drug-likeness (QED) is 0.670. The van der Waals surface area contributed by atoms with Crippen molar-refractivity contribution in [2.24, 2.45) is 5.92 Å². The van der Waals surface area contributed by atoms with Gasteiger partial charge in [0.25, 0.3) is 0 Å². The van der Waals surface area contributed by atoms with Crippen molar-refractivity contribution in [2.45, 2.75) is 13.0 Å². The third-order valence-electron chi connectivity index (χ3n) is 3.18. The van der Waals surface area contributed by atoms with E-state index in [-0.39, 0.29) is 28.3 Å². The molecule has 1 N–H and O–H groups in total. The van der Waals surface area contributed by atoms with E-state index < -0.39 is 5.82 Å². The molecule has 2 rings (SSSR count). The largest absolute Gasteiger partial charge is 0.379 e. The van der Waals surface area contributed by atoms with E-state index in [9.17, 15) is 9.18 Å². The second-order valence-electron chi connectivity index (χ2n) is 4.40. The number of rotatable bonds is 4. The van der Waals surface area contributed by atoms with Crippen LogP contribution in [0.15, 0.2) is 16.6 Å². The molecule has 0 aromatic heterocycles. The van der Waals surface area contributed by atoms with Gasteiger partial charge in [0.15, 0.2) is 11.6 Å². The van der Waals surface area contributed by atoms with Crippen LogP contribution in [0.5, 0.6) is 0 Å². The van der Waals surface area contributed by atoms with Crippen LogP contribution in [0.2, 0.25) is 5.02 Å². The first-order valence-corrected chi connectivity index (χ1v) is 7.22. The summed E-state index contributed by atoms with van der Waals surface area (Å²) < 4.78 is 19.8. The molecule has 0 spiro atoms. The van der Waals surface area contributed by atoms with E-state index in [1.54, 1.807) is 6.07 Å². The molecule has 1 saturated heterocycles. The fraction of sp³-hybridized carbons (Fsp3) is 0.462. The number of ketones is 1. The summed E-state index contributed by atoms with van der Waals surface area (Å²) in [5.74, 6) is -1.31. The predicted molar refractivity (Wildman–Crippen MR) is 75.2 cm³/mol. The maximum absolute atomic E-state index is 14.0. The topological polar surface area (TPSA) is 38.3 Å². The van der Waals surface area contributed by atoms with Crippen LogP contribution in [0, 0.1) is 11.7 Å². The van der Waals surface area contributed by atoms with Crippen molar-refractivity contribution in [3.05, 3.63) is 33.0 Å². The third kappa shape index (κ3) is 2.99. The summed E-state index contributed by atoms with van der Waals surface area (Å²) in [7, 11) is 0. The van der Waals surface area contributed by atoms with Crippen LogP contribution < -0.4 is 5.32 Å². The zero-order valence-corrected chi connectivity index (χ0v) is 12.7. The van der Waals surface area contributed by atoms with Gasteiger partial charge in [-0.2, -0.15) is 0 Å². The summed E-state index contributed by atoms with van der Waals surface area (Å²) in [4.78, 5) is 12.4. The first-order valence-electron chi connectivity index (χ1n) is 6.05. The maximum Gasteiger partial charge on any atom is 0.172 e. The monoisotopic (exact) mass is 349 g/mol. The zero-order valence-electron chi connectivity index (χ0n) is 10.4. The van der Waals surface area contributed by atoms with E-state index >= 15 is 0 Å². The number of likely N-dealkylation sites (N-methyl/N-ethyl adjacent to an activating group) is 1. The third-order valence-corrected chi connectivity index (χ3v) is 4.44. The lowest BCUT2D eigenvalue weighted by atomic mass is 9.93. The predicted octanol–water partition coefficient (Wildman–Crippen LogP) is 3.05. The highest BCUT2D eigenvalue weighted by molar-refractivity contribution is 9.10. The van der Waals surface area contributed by atoms with Gasteiger partial charge in [-0.1, -0.05) is 18.5 Å². The molecule has 0 bridgehead atoms. The molecule has 0 radical (unpaired) electrons. The molecule has 2 unspecified atom stereocenters. The molecule has 104 valence electrons. The Labute approximate surface area is 124 Å². The van der Waals surface area contributed by atoms with Gasteiger partial charge >= 0.3 is 0 Å². The second-order valence-corrected chi connectivity index (χ2v) is 5.63. The molecule has 0 amide bonds. The number of Topliss-reactive ketones (excluding diaryl/α,β-unsaturated/α-hetero) is 1. The fourth-order valence-electron chi connectivity index (χ4n) is 2.19. The van der Waals surface area contributed by atoms with Crippen LogP contribution in [0.1, 0.15) is 17.3 Å². The number of carbonyl (C=O) groups excluding carboxylic acids is 1. The normalized spacial score (nSPS) is 22.7. The lowest BCUT2D eigenvalue weighted by Gasteiger charge is -2.17. The van der Waals surface area contributed by atoms with E-state index in [2.05, 4.69) is 21.2 Å². The van der Waals surface area contributed by atoms with Crippen molar-refractivity contribution < 1.29 is 13.9 Å². The van der Waals surface area contributed by atoms with Crippen LogP contribution in [-0.2, 0) is 4.74 Å². The minimum absolute atomic E-state index is 0.0200. The van der Waals surface area contributed by atoms with Crippen molar-refractivity contribution >= 4 is 33.3 Å². The SMILES string of the molecule is CCNC1COCC1C(=O)c1ccc(Br)c(Cl)c1F. The van der Waals surface area contributed by atoms with E-state index in [0.717, 1.165) is 6.54 Å². The first-order chi connectivity index (χ1) is 9.06. The van der Waals surface area contributed by atoms with Crippen LogP contribution in [0.4, 0.5) is 4.39 Å². The molecule has 1 fully saturated rings. The molecule has 0 saturated carbocycles. The number of hydrogen-bond donors (Lipinski definition) is 1. The van der Waals surface area contributed by atoms with Crippen molar-refractivity contribution in [2.75, 3.05) is 19.8 Å². The number of ether oxygens (including phenoxy) is 1. The minimum Gasteiger partial charge on any atom is -0.379 e. The number of benzene rings is 1. The van der Waals surface area contributed by atoms with Crippen molar-refractivity contribution in [3.63, 3.8) is 0 Å². The zero-order chi connectivity index (χ0) is 14.0. The summed E-state index contributed by atoms with van der Waals surface area (Å²) >= 11 is 8.94. The maximum atomic E-state index is 14.0. The number of nitrogens with one attached hydrogen (secondary N) is 1. The van der Waals surface area contributed by atoms with Crippen molar-refractivity contribution in [1.29, 1.82) is 0 Å². The number of hydrogen-bond acceptors (Lipinski definition) is 3. The van der Waals surface area contributed by atoms with E-state index in [0.29, 0.717) is 17.7 Å². The Morgan fingerprint density at radius 1 is 1.58 bits per heavy atom. The molecule has 6 heteroatoms. The van der Waals surface area contributed by atoms with Gasteiger partial charge in [0, 0.05) is 10.5 Å². The van der Waals surface area contributed by atoms with Gasteiger partial charge in [-0.25, -0.2) is 4.39 Å². The van der Waals surface area contributed by atoms with Gasteiger partial charge in [0.05, 0.1) is 29.7 Å². The number of halogens is 3. The summed E-state index contributed by atoms with van der Waals surface area (Å²) in [6.45, 7) is 3.47. The molecule has 0 aliphatic carbocycles. The molecular formula is C13H14BrClFNO2. The lowest BCUT2D eigenvalue weighted by Crippen LogP contribution is -2.39. The molecule has 1 heterocycles. The van der Waals surface area contributed by atoms with Crippen molar-refractivity contribution in [1.82, 2.24) is 5.32 Å². The minimum atomic E-state index is -0.678. The van der Waals surface area contributed by atoms with Crippen LogP contribution in [0.3, 0.4) is 0 Å². The average Bonchev–Trinajstić information content (AvgIpc) is 2.84. The van der Waals surface area contributed by atoms with Gasteiger partial charge in [0.1, 0.15) is 0 Å². The molecule has 19 heavy (non-hydrogen) atoms. The van der Waals surface area contributed by atoms with Gasteiger partial charge < -0.3 is 10.1 Å². The van der Waals surface area contributed by atoms with Gasteiger partial charge in [-0.3, -0.25) is 4.79 Å². The summed E-state index contributed by atoms with van der Waals surface area (Å²) in [6, 6.07) is 2.96. The first kappa shape index (κ1) is 14.9. The van der Waals surface area contributed by atoms with Crippen molar-refractivity contribution in [3.8, 4) is 0 Å². The van der Waals surface area contributed by atoms with Gasteiger partial charge in [0.2, 0.25) is 0 Å². The molecule has 1 aliphatic rings. The number of carbonyl (C=O) groups is 1. The Morgan fingerprint density at radius 2 is 2.32 bits per heavy atom. The smallest absolute Gasteiger partial charge is 0.172 e. The highest BCUT2D eigenvalue weighted by Gasteiger charge is 2.35. The van der Waals surface area contributed by atoms with Crippen LogP contribution >= 0.6 is 27.5 Å². The Bertz CT molecular complexity index is 498. The Hall–Kier alpha value is -0.490. The van der Waals surface area contributed by atoms with Gasteiger partial charge in [-0.05, 0) is 34.6 Å². The van der Waals surface area contributed by atoms with Gasteiger partial charge in [-0.15, -0.1) is 0 Å². The molecule has 3 nitrogen and oxygen atoms in total. The standard InChI is InChI=1S/C13H14BrClFNO2/c1-2-17-10-6-19-5-8(10)13(18)7-3-4-9(14)11(15)12(7)16/h3-4,8,10,17H,2,5-6H2,1H3. The molecule has 1 aliphatic heterocycles. The summed E-state index contributed by atoms with van der Waals surface area (Å²) in [6.07, 6.45) is 0. The van der Waals surface area contributed by atoms with Crippen LogP contribution in [-0.4, -0.2) is 31.6 Å². The average molecular weight is 351 g/mol. The highest BCUT2D eigenvalue weighted by atomic mass is 79.9. The fourth-order valence-corrected chi connectivity index (χ4v) is 2.66. The van der Waals surface area contributed by atoms with E-state index in [1.165, 1.54) is 6.07 Å². The summed E-state index contributed by atoms with van der Waals surface area (Å²) in [5, 5.41) is 3.12. The molecular weight excluding hydrogens is 337 g/mol. The molecule has 1 aromatic carbocycles. The summed E-state index contributed by atoms with van der Waals surface area (Å²) in [5.41, 5.74) is 0.0200. The Balaban J connectivity index is 2.27. The molecule has 1 aromatic rings. The molecule has 2 atom stereocenters. The lowest BCUT2D eigenvalue weighted by molar-refractivity contribution is 0.0887. The van der Waals surface area contributed by atoms with Crippen LogP contribution in [0.25, 0.3) is 0 Å². The highest BCUT2D eigenvalue weighted by Crippen LogP contribution is 2.30. The Kier molecular flexibility index (Phi) is 4.95.